The summed E-state index contributed by atoms with van der Waals surface area (Å²) in [6, 6.07) is 6.29. The molecule has 0 amide bonds. The van der Waals surface area contributed by atoms with Crippen LogP contribution in [0.15, 0.2) is 18.2 Å². The molecule has 1 saturated heterocycles. The maximum atomic E-state index is 5.90. The average molecular weight is 190 g/mol. The second kappa shape index (κ2) is 2.31. The average Bonchev–Trinajstić information content (AvgIpc) is 2.86. The summed E-state index contributed by atoms with van der Waals surface area (Å²) < 4.78 is 11.6. The zero-order valence-electron chi connectivity index (χ0n) is 8.70. The van der Waals surface area contributed by atoms with E-state index in [9.17, 15) is 0 Å². The van der Waals surface area contributed by atoms with Crippen molar-refractivity contribution in [2.45, 2.75) is 38.6 Å². The van der Waals surface area contributed by atoms with Crippen molar-refractivity contribution < 1.29 is 9.47 Å². The summed E-state index contributed by atoms with van der Waals surface area (Å²) in [5.74, 6) is 0.986. The largest absolute Gasteiger partial charge is 0.485 e. The molecule has 0 aliphatic carbocycles. The van der Waals surface area contributed by atoms with E-state index in [1.807, 2.05) is 6.07 Å². The third-order valence-corrected chi connectivity index (χ3v) is 3.02. The first-order chi connectivity index (χ1) is 6.58. The number of aryl methyl sites for hydroxylation is 1. The van der Waals surface area contributed by atoms with Crippen molar-refractivity contribution in [3.8, 4) is 5.75 Å². The molecule has 74 valence electrons. The molecular weight excluding hydrogens is 176 g/mol. The Hall–Kier alpha value is -1.02. The van der Waals surface area contributed by atoms with Crippen molar-refractivity contribution in [3.05, 3.63) is 29.3 Å². The van der Waals surface area contributed by atoms with Crippen LogP contribution in [0.2, 0.25) is 0 Å². The number of rotatable bonds is 0. The van der Waals surface area contributed by atoms with Crippen molar-refractivity contribution >= 4 is 0 Å². The maximum Gasteiger partial charge on any atom is 0.132 e. The smallest absolute Gasteiger partial charge is 0.132 e. The van der Waals surface area contributed by atoms with Gasteiger partial charge in [0.05, 0.1) is 0 Å². The van der Waals surface area contributed by atoms with Gasteiger partial charge in [-0.25, -0.2) is 0 Å². The van der Waals surface area contributed by atoms with Gasteiger partial charge < -0.3 is 9.47 Å². The van der Waals surface area contributed by atoms with Gasteiger partial charge in [0, 0.05) is 5.56 Å². The van der Waals surface area contributed by atoms with Crippen LogP contribution in [0, 0.1) is 6.92 Å². The Morgan fingerprint density at radius 2 is 2.07 bits per heavy atom. The molecule has 2 nitrogen and oxygen atoms in total. The fourth-order valence-electron chi connectivity index (χ4n) is 2.20. The molecule has 2 aliphatic heterocycles. The molecule has 0 unspecified atom stereocenters. The van der Waals surface area contributed by atoms with Gasteiger partial charge in [-0.15, -0.1) is 0 Å². The number of fused-ring (bicyclic) bond motifs is 3. The molecule has 2 heterocycles. The van der Waals surface area contributed by atoms with E-state index < -0.39 is 0 Å². The lowest BCUT2D eigenvalue weighted by atomic mass is 9.93. The molecule has 1 aromatic carbocycles. The van der Waals surface area contributed by atoms with Crippen LogP contribution in [-0.2, 0) is 4.74 Å². The van der Waals surface area contributed by atoms with Gasteiger partial charge in [-0.05, 0) is 32.9 Å². The van der Waals surface area contributed by atoms with Crippen LogP contribution in [0.4, 0.5) is 0 Å². The summed E-state index contributed by atoms with van der Waals surface area (Å²) >= 11 is 0. The lowest BCUT2D eigenvalue weighted by molar-refractivity contribution is 0.0725. The van der Waals surface area contributed by atoms with Crippen LogP contribution in [0.3, 0.4) is 0 Å². The first kappa shape index (κ1) is 8.30. The Bertz CT molecular complexity index is 395. The highest BCUT2D eigenvalue weighted by atomic mass is 16.6. The number of hydrogen-bond donors (Lipinski definition) is 0. The molecule has 2 aliphatic rings. The van der Waals surface area contributed by atoms with Crippen LogP contribution in [0.5, 0.6) is 5.75 Å². The van der Waals surface area contributed by atoms with Crippen molar-refractivity contribution in [2.75, 3.05) is 0 Å². The monoisotopic (exact) mass is 190 g/mol. The number of ether oxygens (including phenoxy) is 2. The Kier molecular flexibility index (Phi) is 1.37. The van der Waals surface area contributed by atoms with E-state index >= 15 is 0 Å². The fourth-order valence-corrected chi connectivity index (χ4v) is 2.20. The first-order valence-corrected chi connectivity index (χ1v) is 5.03. The molecular formula is C12H14O2. The van der Waals surface area contributed by atoms with Crippen LogP contribution in [0.1, 0.15) is 31.1 Å². The summed E-state index contributed by atoms with van der Waals surface area (Å²) in [4.78, 5) is 0. The molecule has 0 aromatic heterocycles. The highest BCUT2D eigenvalue weighted by molar-refractivity contribution is 5.44. The number of epoxide rings is 1. The van der Waals surface area contributed by atoms with Crippen LogP contribution < -0.4 is 4.74 Å². The SMILES string of the molecule is Cc1ccc2c(c1)[C@H]1O[C@H]1C(C)(C)O2. The zero-order chi connectivity index (χ0) is 9.92. The third-order valence-electron chi connectivity index (χ3n) is 3.02. The second-order valence-electron chi connectivity index (χ2n) is 4.72. The molecule has 2 atom stereocenters. The maximum absolute atomic E-state index is 5.90. The van der Waals surface area contributed by atoms with Gasteiger partial charge >= 0.3 is 0 Å². The van der Waals surface area contributed by atoms with Crippen LogP contribution in [0.25, 0.3) is 0 Å². The van der Waals surface area contributed by atoms with Gasteiger partial charge in [0.15, 0.2) is 0 Å². The van der Waals surface area contributed by atoms with Gasteiger partial charge in [0.25, 0.3) is 0 Å². The highest BCUT2D eigenvalue weighted by Crippen LogP contribution is 2.53. The Labute approximate surface area is 83.8 Å². The van der Waals surface area contributed by atoms with Gasteiger partial charge in [0.1, 0.15) is 23.6 Å². The quantitative estimate of drug-likeness (QED) is 0.586. The van der Waals surface area contributed by atoms with Crippen LogP contribution in [-0.4, -0.2) is 11.7 Å². The predicted octanol–water partition coefficient (Wildman–Crippen LogP) is 2.61. The summed E-state index contributed by atoms with van der Waals surface area (Å²) in [7, 11) is 0. The minimum absolute atomic E-state index is 0.174. The predicted molar refractivity (Wildman–Crippen MR) is 53.5 cm³/mol. The van der Waals surface area contributed by atoms with Crippen molar-refractivity contribution in [3.63, 3.8) is 0 Å². The Balaban J connectivity index is 2.11. The minimum Gasteiger partial charge on any atom is -0.485 e. The minimum atomic E-state index is -0.174. The molecule has 14 heavy (non-hydrogen) atoms. The summed E-state index contributed by atoms with van der Waals surface area (Å²) in [5.41, 5.74) is 2.31. The summed E-state index contributed by atoms with van der Waals surface area (Å²) in [5, 5.41) is 0. The molecule has 3 rings (SSSR count). The molecule has 0 spiro atoms. The molecule has 0 bridgehead atoms. The second-order valence-corrected chi connectivity index (χ2v) is 4.72. The Morgan fingerprint density at radius 3 is 2.86 bits per heavy atom. The van der Waals surface area contributed by atoms with E-state index in [1.165, 1.54) is 11.1 Å². The fraction of sp³-hybridized carbons (Fsp3) is 0.500. The van der Waals surface area contributed by atoms with Crippen molar-refractivity contribution in [2.24, 2.45) is 0 Å². The molecule has 1 fully saturated rings. The van der Waals surface area contributed by atoms with E-state index in [2.05, 4.69) is 32.9 Å². The number of hydrogen-bond acceptors (Lipinski definition) is 2. The Morgan fingerprint density at radius 1 is 1.29 bits per heavy atom. The molecule has 0 radical (unpaired) electrons. The molecule has 1 aromatic rings. The van der Waals surface area contributed by atoms with Gasteiger partial charge in [-0.2, -0.15) is 0 Å². The van der Waals surface area contributed by atoms with Gasteiger partial charge in [0.2, 0.25) is 0 Å². The van der Waals surface area contributed by atoms with Crippen LogP contribution >= 0.6 is 0 Å². The summed E-state index contributed by atoms with van der Waals surface area (Å²) in [6.45, 7) is 6.26. The summed E-state index contributed by atoms with van der Waals surface area (Å²) in [6.07, 6.45) is 0.519. The molecule has 0 saturated carbocycles. The first-order valence-electron chi connectivity index (χ1n) is 5.03. The van der Waals surface area contributed by atoms with Gasteiger partial charge in [-0.3, -0.25) is 0 Å². The highest BCUT2D eigenvalue weighted by Gasteiger charge is 2.56. The van der Waals surface area contributed by atoms with Crippen molar-refractivity contribution in [1.29, 1.82) is 0 Å². The normalized spacial score (nSPS) is 31.4. The van der Waals surface area contributed by atoms with E-state index in [-0.39, 0.29) is 17.8 Å². The lowest BCUT2D eigenvalue weighted by Gasteiger charge is -2.29. The van der Waals surface area contributed by atoms with E-state index in [1.54, 1.807) is 0 Å². The number of benzene rings is 1. The molecule has 2 heteroatoms. The van der Waals surface area contributed by atoms with E-state index in [4.69, 9.17) is 9.47 Å². The topological polar surface area (TPSA) is 21.8 Å². The third kappa shape index (κ3) is 1.01. The molecule has 0 N–H and O–H groups in total. The van der Waals surface area contributed by atoms with Crippen molar-refractivity contribution in [1.82, 2.24) is 0 Å². The lowest BCUT2D eigenvalue weighted by Crippen LogP contribution is -2.37. The van der Waals surface area contributed by atoms with E-state index in [0.29, 0.717) is 0 Å². The van der Waals surface area contributed by atoms with E-state index in [0.717, 1.165) is 5.75 Å². The standard InChI is InChI=1S/C12H14O2/c1-7-4-5-9-8(6-7)10-11(13-10)12(2,3)14-9/h4-6,10-11H,1-3H3/t10-,11-/m1/s1. The van der Waals surface area contributed by atoms with Gasteiger partial charge in [-0.1, -0.05) is 11.6 Å². The zero-order valence-corrected chi connectivity index (χ0v) is 8.70.